The fraction of sp³-hybridized carbons (Fsp3) is 0.529. The third kappa shape index (κ3) is 7.65. The molecular weight excluding hydrogens is 246 g/mol. The molecule has 0 aliphatic heterocycles. The van der Waals surface area contributed by atoms with E-state index in [1.165, 1.54) is 12.0 Å². The summed E-state index contributed by atoms with van der Waals surface area (Å²) in [5, 5.41) is 6.28. The van der Waals surface area contributed by atoms with E-state index in [2.05, 4.69) is 68.3 Å². The number of hydrogen-bond acceptors (Lipinski definition) is 3. The molecule has 0 aliphatic carbocycles. The van der Waals surface area contributed by atoms with Crippen LogP contribution in [-0.4, -0.2) is 19.1 Å². The zero-order chi connectivity index (χ0) is 16.1. The monoisotopic (exact) mass is 277 g/mol. The molecule has 0 unspecified atom stereocenters. The molecule has 1 aromatic rings. The maximum Gasteiger partial charge on any atom is 0.126 e. The number of nitrogens with one attached hydrogen (secondary N) is 2. The van der Waals surface area contributed by atoms with E-state index in [4.69, 9.17) is 0 Å². The second kappa shape index (κ2) is 12.3. The van der Waals surface area contributed by atoms with Crippen LogP contribution in [0.5, 0.6) is 0 Å². The predicted molar refractivity (Wildman–Crippen MR) is 92.9 cm³/mol. The Balaban J connectivity index is 0. The van der Waals surface area contributed by atoms with Crippen molar-refractivity contribution in [1.29, 1.82) is 0 Å². The molecule has 0 aromatic carbocycles. The molecule has 0 aliphatic rings. The molecule has 0 saturated heterocycles. The molecule has 0 fully saturated rings. The third-order valence-corrected chi connectivity index (χ3v) is 2.36. The first kappa shape index (κ1) is 20.6. The Kier molecular flexibility index (Phi) is 12.7. The average molecular weight is 277 g/mol. The molecule has 114 valence electrons. The van der Waals surface area contributed by atoms with Crippen LogP contribution in [0.1, 0.15) is 51.3 Å². The van der Waals surface area contributed by atoms with Gasteiger partial charge in [-0.05, 0) is 24.5 Å². The molecule has 1 aromatic heterocycles. The zero-order valence-electron chi connectivity index (χ0n) is 14.2. The highest BCUT2D eigenvalue weighted by Crippen LogP contribution is 2.28. The molecule has 0 bridgehead atoms. The van der Waals surface area contributed by atoms with Gasteiger partial charge in [0.25, 0.3) is 0 Å². The Morgan fingerprint density at radius 3 is 1.95 bits per heavy atom. The average Bonchev–Trinajstić information content (AvgIpc) is 2.39. The lowest BCUT2D eigenvalue weighted by molar-refractivity contribution is 0.862. The molecule has 3 heteroatoms. The van der Waals surface area contributed by atoms with Gasteiger partial charge in [0.05, 0.1) is 11.4 Å². The summed E-state index contributed by atoms with van der Waals surface area (Å²) in [6.45, 7) is 16.9. The van der Waals surface area contributed by atoms with Gasteiger partial charge in [0, 0.05) is 14.1 Å². The van der Waals surface area contributed by atoms with Crippen molar-refractivity contribution in [2.24, 2.45) is 0 Å². The van der Waals surface area contributed by atoms with Crippen molar-refractivity contribution in [3.05, 3.63) is 36.2 Å². The van der Waals surface area contributed by atoms with Gasteiger partial charge in [-0.15, -0.1) is 5.73 Å². The van der Waals surface area contributed by atoms with Gasteiger partial charge in [-0.3, -0.25) is 0 Å². The highest BCUT2D eigenvalue weighted by molar-refractivity contribution is 5.60. The topological polar surface area (TPSA) is 37.0 Å². The molecule has 0 atom stereocenters. The number of aryl methyl sites for hydroxylation is 1. The second-order valence-corrected chi connectivity index (χ2v) is 4.67. The van der Waals surface area contributed by atoms with E-state index in [-0.39, 0.29) is 0 Å². The van der Waals surface area contributed by atoms with Crippen LogP contribution in [0.3, 0.4) is 0 Å². The van der Waals surface area contributed by atoms with Gasteiger partial charge >= 0.3 is 0 Å². The van der Waals surface area contributed by atoms with Crippen LogP contribution in [-0.2, 0) is 0 Å². The molecule has 1 rings (SSSR count). The van der Waals surface area contributed by atoms with Crippen molar-refractivity contribution in [3.8, 4) is 0 Å². The lowest BCUT2D eigenvalue weighted by Gasteiger charge is -2.16. The van der Waals surface area contributed by atoms with Gasteiger partial charge in [-0.1, -0.05) is 47.3 Å². The highest BCUT2D eigenvalue weighted by atomic mass is 15.0. The first-order valence-corrected chi connectivity index (χ1v) is 7.09. The normalized spacial score (nSPS) is 8.60. The minimum atomic E-state index is 0.506. The van der Waals surface area contributed by atoms with Gasteiger partial charge < -0.3 is 10.6 Å². The largest absolute Gasteiger partial charge is 0.386 e. The zero-order valence-corrected chi connectivity index (χ0v) is 14.2. The van der Waals surface area contributed by atoms with Crippen molar-refractivity contribution >= 4 is 11.5 Å². The highest BCUT2D eigenvalue weighted by Gasteiger charge is 2.10. The fourth-order valence-corrected chi connectivity index (χ4v) is 1.61. The summed E-state index contributed by atoms with van der Waals surface area (Å²) in [5.74, 6) is 1.44. The first-order chi connectivity index (χ1) is 9.42. The molecule has 0 spiro atoms. The number of anilines is 2. The quantitative estimate of drug-likeness (QED) is 0.766. The van der Waals surface area contributed by atoms with Gasteiger partial charge in [0.1, 0.15) is 5.82 Å². The van der Waals surface area contributed by atoms with E-state index in [0.29, 0.717) is 5.92 Å². The Hall–Kier alpha value is -1.73. The lowest BCUT2D eigenvalue weighted by Crippen LogP contribution is -2.04. The van der Waals surface area contributed by atoms with Crippen LogP contribution in [0.15, 0.2) is 25.0 Å². The van der Waals surface area contributed by atoms with Crippen molar-refractivity contribution in [1.82, 2.24) is 4.98 Å². The summed E-state index contributed by atoms with van der Waals surface area (Å²) in [7, 11) is 3.83. The molecule has 0 saturated carbocycles. The SMILES string of the molecule is C=C=C.CCC.CNc1cc(C(C)C)c(NC)c(C)n1. The Bertz CT molecular complexity index is 403. The molecule has 20 heavy (non-hydrogen) atoms. The Morgan fingerprint density at radius 2 is 1.65 bits per heavy atom. The number of nitrogens with zero attached hydrogens (tertiary/aromatic N) is 1. The maximum absolute atomic E-state index is 4.43. The molecule has 0 radical (unpaired) electrons. The Morgan fingerprint density at radius 1 is 1.20 bits per heavy atom. The van der Waals surface area contributed by atoms with Gasteiger partial charge in [-0.2, -0.15) is 0 Å². The summed E-state index contributed by atoms with van der Waals surface area (Å²) in [5.41, 5.74) is 5.76. The standard InChI is InChI=1S/C11H19N3.C3H8.C3H4/c1-7(2)9-6-10(12-4)14-8(3)11(9)13-5;2*1-3-2/h6-7,13H,1-5H3,(H,12,14);3H2,1-2H3;1-2H2. The first-order valence-electron chi connectivity index (χ1n) is 7.09. The number of aromatic nitrogens is 1. The van der Waals surface area contributed by atoms with Crippen molar-refractivity contribution in [3.63, 3.8) is 0 Å². The van der Waals surface area contributed by atoms with Gasteiger partial charge in [0.15, 0.2) is 0 Å². The fourth-order valence-electron chi connectivity index (χ4n) is 1.61. The van der Waals surface area contributed by atoms with E-state index in [9.17, 15) is 0 Å². The summed E-state index contributed by atoms with van der Waals surface area (Å²) >= 11 is 0. The number of rotatable bonds is 3. The second-order valence-electron chi connectivity index (χ2n) is 4.67. The molecule has 3 nitrogen and oxygen atoms in total. The van der Waals surface area contributed by atoms with Crippen molar-refractivity contribution in [2.45, 2.75) is 47.0 Å². The van der Waals surface area contributed by atoms with Crippen molar-refractivity contribution in [2.75, 3.05) is 24.7 Å². The minimum absolute atomic E-state index is 0.506. The van der Waals surface area contributed by atoms with Gasteiger partial charge in [-0.25, -0.2) is 4.98 Å². The molecule has 2 N–H and O–H groups in total. The van der Waals surface area contributed by atoms with E-state index in [1.54, 1.807) is 0 Å². The molecule has 0 amide bonds. The third-order valence-electron chi connectivity index (χ3n) is 2.36. The van der Waals surface area contributed by atoms with E-state index >= 15 is 0 Å². The smallest absolute Gasteiger partial charge is 0.126 e. The van der Waals surface area contributed by atoms with E-state index in [0.717, 1.165) is 17.2 Å². The summed E-state index contributed by atoms with van der Waals surface area (Å²) in [4.78, 5) is 4.43. The molecule has 1 heterocycles. The van der Waals surface area contributed by atoms with Crippen LogP contribution >= 0.6 is 0 Å². The summed E-state index contributed by atoms with van der Waals surface area (Å²) < 4.78 is 0. The van der Waals surface area contributed by atoms with Crippen LogP contribution in [0.4, 0.5) is 11.5 Å². The van der Waals surface area contributed by atoms with Crippen LogP contribution in [0.2, 0.25) is 0 Å². The molecular formula is C17H31N3. The summed E-state index contributed by atoms with van der Waals surface area (Å²) in [6, 6.07) is 2.10. The predicted octanol–water partition coefficient (Wildman–Crippen LogP) is 4.97. The van der Waals surface area contributed by atoms with Crippen LogP contribution in [0, 0.1) is 6.92 Å². The number of pyridine rings is 1. The minimum Gasteiger partial charge on any atom is -0.386 e. The number of hydrogen-bond donors (Lipinski definition) is 2. The Labute approximate surface area is 125 Å². The van der Waals surface area contributed by atoms with Crippen molar-refractivity contribution < 1.29 is 0 Å². The van der Waals surface area contributed by atoms with Gasteiger partial charge in [0.2, 0.25) is 0 Å². The van der Waals surface area contributed by atoms with E-state index < -0.39 is 0 Å². The van der Waals surface area contributed by atoms with E-state index in [1.807, 2.05) is 21.0 Å². The summed E-state index contributed by atoms with van der Waals surface area (Å²) in [6.07, 6.45) is 1.25. The maximum atomic E-state index is 4.43. The lowest BCUT2D eigenvalue weighted by atomic mass is 10.0. The van der Waals surface area contributed by atoms with Crippen LogP contribution < -0.4 is 10.6 Å². The van der Waals surface area contributed by atoms with Crippen LogP contribution in [0.25, 0.3) is 0 Å².